The van der Waals surface area contributed by atoms with E-state index < -0.39 is 8.32 Å². The van der Waals surface area contributed by atoms with Crippen molar-refractivity contribution in [2.75, 3.05) is 6.54 Å². The highest BCUT2D eigenvalue weighted by molar-refractivity contribution is 7.09. The average Bonchev–Trinajstić information content (AvgIpc) is 3.02. The van der Waals surface area contributed by atoms with Gasteiger partial charge in [-0.1, -0.05) is 46.8 Å². The van der Waals surface area contributed by atoms with E-state index >= 15 is 0 Å². The van der Waals surface area contributed by atoms with Crippen LogP contribution in [0.15, 0.2) is 42.0 Å². The molecular weight excluding hydrogens is 354 g/mol. The maximum atomic E-state index is 6.69. The summed E-state index contributed by atoms with van der Waals surface area (Å²) in [5.41, 5.74) is 0. The van der Waals surface area contributed by atoms with Gasteiger partial charge in [-0.3, -0.25) is 0 Å². The molecular formula is C22H39NOSSi. The molecule has 1 atom stereocenters. The molecule has 148 valence electrons. The van der Waals surface area contributed by atoms with Crippen LogP contribution in [0.25, 0.3) is 0 Å². The van der Waals surface area contributed by atoms with Crippen molar-refractivity contribution >= 4 is 19.7 Å². The van der Waals surface area contributed by atoms with E-state index in [1.165, 1.54) is 11.3 Å². The smallest absolute Gasteiger partial charge is 0.250 e. The van der Waals surface area contributed by atoms with Crippen LogP contribution in [-0.4, -0.2) is 20.9 Å². The molecule has 2 nitrogen and oxygen atoms in total. The van der Waals surface area contributed by atoms with Gasteiger partial charge in [0.15, 0.2) is 0 Å². The molecule has 1 rings (SSSR count). The fourth-order valence-electron chi connectivity index (χ4n) is 2.34. The van der Waals surface area contributed by atoms with Crippen LogP contribution >= 0.6 is 11.3 Å². The molecule has 0 aromatic carbocycles. The number of nitrogens with one attached hydrogen (secondary N) is 1. The quantitative estimate of drug-likeness (QED) is 0.254. The van der Waals surface area contributed by atoms with Crippen LogP contribution in [0.5, 0.6) is 0 Å². The molecule has 1 aromatic rings. The second-order valence-corrected chi connectivity index (χ2v) is 14.7. The maximum absolute atomic E-state index is 6.69. The molecule has 1 aromatic heterocycles. The predicted octanol–water partition coefficient (Wildman–Crippen LogP) is 6.78. The van der Waals surface area contributed by atoms with E-state index in [0.717, 1.165) is 25.1 Å². The van der Waals surface area contributed by atoms with Gasteiger partial charge in [0.2, 0.25) is 8.32 Å². The second kappa shape index (κ2) is 10.5. The standard InChI is InChI=1S/C22H39NOSSi/c1-9-20(23-16-15-19-13-11-17-25-19)21(14-10-12-18(2)3)24-26(7,8)22(4,5)6/h9,11,13-14,17-18,20,23H,1,10,12,15-16H2,2-8H3/b21-14-/t20-/m0/s1. The highest BCUT2D eigenvalue weighted by atomic mass is 32.1. The first-order chi connectivity index (χ1) is 12.1. The Balaban J connectivity index is 2.83. The molecule has 0 spiro atoms. The van der Waals surface area contributed by atoms with E-state index in [9.17, 15) is 0 Å². The van der Waals surface area contributed by atoms with Crippen LogP contribution in [0.4, 0.5) is 0 Å². The molecule has 1 heterocycles. The van der Waals surface area contributed by atoms with Gasteiger partial charge in [0.25, 0.3) is 0 Å². The minimum atomic E-state index is -1.87. The van der Waals surface area contributed by atoms with E-state index in [-0.39, 0.29) is 11.1 Å². The van der Waals surface area contributed by atoms with Crippen molar-refractivity contribution in [1.82, 2.24) is 5.32 Å². The molecule has 4 heteroatoms. The number of rotatable bonds is 11. The van der Waals surface area contributed by atoms with E-state index in [1.807, 2.05) is 17.4 Å². The number of allylic oxidation sites excluding steroid dienone is 1. The highest BCUT2D eigenvalue weighted by Gasteiger charge is 2.40. The fraction of sp³-hybridized carbons (Fsp3) is 0.636. The molecule has 0 saturated heterocycles. The van der Waals surface area contributed by atoms with Gasteiger partial charge in [-0.15, -0.1) is 17.9 Å². The van der Waals surface area contributed by atoms with Gasteiger partial charge in [0.05, 0.1) is 11.8 Å². The largest absolute Gasteiger partial charge is 0.545 e. The summed E-state index contributed by atoms with van der Waals surface area (Å²) in [6.45, 7) is 21.0. The Bertz CT molecular complexity index is 555. The molecule has 26 heavy (non-hydrogen) atoms. The zero-order valence-electron chi connectivity index (χ0n) is 17.9. The molecule has 0 radical (unpaired) electrons. The van der Waals surface area contributed by atoms with Crippen molar-refractivity contribution in [2.24, 2.45) is 5.92 Å². The van der Waals surface area contributed by atoms with Crippen LogP contribution in [0.1, 0.15) is 52.3 Å². The van der Waals surface area contributed by atoms with Gasteiger partial charge in [-0.2, -0.15) is 0 Å². The topological polar surface area (TPSA) is 21.3 Å². The summed E-state index contributed by atoms with van der Waals surface area (Å²) < 4.78 is 6.69. The maximum Gasteiger partial charge on any atom is 0.250 e. The molecule has 0 bridgehead atoms. The number of thiophene rings is 1. The third kappa shape index (κ3) is 7.81. The SMILES string of the molecule is C=C[C@H](NCCc1cccs1)/C(=C/CCC(C)C)O[Si](C)(C)C(C)(C)C. The summed E-state index contributed by atoms with van der Waals surface area (Å²) in [6.07, 6.45) is 7.57. The predicted molar refractivity (Wildman–Crippen MR) is 120 cm³/mol. The minimum Gasteiger partial charge on any atom is -0.545 e. The van der Waals surface area contributed by atoms with Gasteiger partial charge in [-0.05, 0) is 60.8 Å². The lowest BCUT2D eigenvalue weighted by atomic mass is 10.1. The number of hydrogen-bond acceptors (Lipinski definition) is 3. The van der Waals surface area contributed by atoms with Gasteiger partial charge in [-0.25, -0.2) is 0 Å². The summed E-state index contributed by atoms with van der Waals surface area (Å²) in [5.74, 6) is 1.77. The molecule has 0 aliphatic heterocycles. The zero-order chi connectivity index (χ0) is 19.8. The lowest BCUT2D eigenvalue weighted by Gasteiger charge is -2.39. The third-order valence-electron chi connectivity index (χ3n) is 5.13. The molecule has 0 aliphatic rings. The van der Waals surface area contributed by atoms with Gasteiger partial charge in [0.1, 0.15) is 0 Å². The Morgan fingerprint density at radius 3 is 2.54 bits per heavy atom. The molecule has 1 N–H and O–H groups in total. The Morgan fingerprint density at radius 2 is 2.04 bits per heavy atom. The van der Waals surface area contributed by atoms with Gasteiger partial charge >= 0.3 is 0 Å². The Hall–Kier alpha value is -0.843. The molecule has 0 amide bonds. The first-order valence-corrected chi connectivity index (χ1v) is 13.6. The lowest BCUT2D eigenvalue weighted by Crippen LogP contribution is -2.43. The van der Waals surface area contributed by atoms with Crippen molar-refractivity contribution in [3.05, 3.63) is 46.9 Å². The molecule has 0 unspecified atom stereocenters. The van der Waals surface area contributed by atoms with E-state index in [1.54, 1.807) is 0 Å². The van der Waals surface area contributed by atoms with Crippen molar-refractivity contribution in [3.63, 3.8) is 0 Å². The average molecular weight is 394 g/mol. The Morgan fingerprint density at radius 1 is 1.35 bits per heavy atom. The summed E-state index contributed by atoms with van der Waals surface area (Å²) in [4.78, 5) is 1.41. The summed E-state index contributed by atoms with van der Waals surface area (Å²) in [7, 11) is -1.87. The molecule has 0 fully saturated rings. The minimum absolute atomic E-state index is 0.0799. The Labute approximate surface area is 166 Å². The molecule has 0 aliphatic carbocycles. The zero-order valence-corrected chi connectivity index (χ0v) is 19.7. The van der Waals surface area contributed by atoms with Crippen molar-refractivity contribution in [1.29, 1.82) is 0 Å². The lowest BCUT2D eigenvalue weighted by molar-refractivity contribution is 0.344. The molecule has 0 saturated carbocycles. The van der Waals surface area contributed by atoms with Crippen molar-refractivity contribution < 1.29 is 4.43 Å². The normalized spacial score (nSPS) is 14.5. The summed E-state index contributed by atoms with van der Waals surface area (Å²) in [5, 5.41) is 5.96. The van der Waals surface area contributed by atoms with Crippen molar-refractivity contribution in [2.45, 2.75) is 78.1 Å². The number of hydrogen-bond donors (Lipinski definition) is 1. The van der Waals surface area contributed by atoms with E-state index in [4.69, 9.17) is 4.43 Å². The van der Waals surface area contributed by atoms with Gasteiger partial charge < -0.3 is 9.74 Å². The summed E-state index contributed by atoms with van der Waals surface area (Å²) >= 11 is 1.82. The van der Waals surface area contributed by atoms with E-state index in [2.05, 4.69) is 83.2 Å². The van der Waals surface area contributed by atoms with Crippen LogP contribution in [-0.2, 0) is 10.8 Å². The van der Waals surface area contributed by atoms with E-state index in [0.29, 0.717) is 5.92 Å². The first-order valence-electron chi connectivity index (χ1n) is 9.84. The second-order valence-electron chi connectivity index (χ2n) is 8.94. The van der Waals surface area contributed by atoms with Crippen LogP contribution in [0.2, 0.25) is 18.1 Å². The third-order valence-corrected chi connectivity index (χ3v) is 10.4. The van der Waals surface area contributed by atoms with Crippen LogP contribution in [0, 0.1) is 5.92 Å². The summed E-state index contributed by atoms with van der Waals surface area (Å²) in [6, 6.07) is 4.39. The fourth-order valence-corrected chi connectivity index (χ4v) is 4.16. The van der Waals surface area contributed by atoms with Crippen LogP contribution in [0.3, 0.4) is 0 Å². The highest BCUT2D eigenvalue weighted by Crippen LogP contribution is 2.38. The first kappa shape index (κ1) is 23.2. The van der Waals surface area contributed by atoms with Gasteiger partial charge in [0, 0.05) is 11.4 Å². The monoisotopic (exact) mass is 393 g/mol. The Kier molecular flexibility index (Phi) is 9.35. The van der Waals surface area contributed by atoms with Crippen LogP contribution < -0.4 is 5.32 Å². The van der Waals surface area contributed by atoms with Crippen molar-refractivity contribution in [3.8, 4) is 0 Å².